The lowest BCUT2D eigenvalue weighted by molar-refractivity contribution is 0.620. The number of hydrogen-bond acceptors (Lipinski definition) is 4. The van der Waals surface area contributed by atoms with E-state index in [-0.39, 0.29) is 50.7 Å². The summed E-state index contributed by atoms with van der Waals surface area (Å²) in [5.74, 6) is -0.503. The van der Waals surface area contributed by atoms with Crippen molar-refractivity contribution < 1.29 is 18.4 Å². The average molecular weight is 696 g/mol. The van der Waals surface area contributed by atoms with Crippen LogP contribution in [0.2, 0.25) is 0 Å². The number of fused-ring (bicyclic) bond motifs is 5. The highest BCUT2D eigenvalue weighted by atomic mass is 32.1. The molecule has 0 saturated heterocycles. The third-order valence-corrected chi connectivity index (χ3v) is 10.2. The first-order valence-electron chi connectivity index (χ1n) is 20.2. The average Bonchev–Trinajstić information content (AvgIpc) is 3.88. The number of oxazole rings is 1. The largest absolute Gasteiger partial charge is 0.436 e. The molecule has 8 aromatic carbocycles. The molecule has 0 unspecified atom stereocenters. The third kappa shape index (κ3) is 5.22. The number of rotatable bonds is 6. The highest BCUT2D eigenvalue weighted by Crippen LogP contribution is 2.50. The number of aromatic nitrogens is 1. The van der Waals surface area contributed by atoms with E-state index in [1.54, 1.807) is 0 Å². The van der Waals surface area contributed by atoms with E-state index in [0.717, 1.165) is 33.6 Å². The van der Waals surface area contributed by atoms with Crippen LogP contribution < -0.4 is 4.90 Å². The lowest BCUT2D eigenvalue weighted by Gasteiger charge is -2.29. The second-order valence-corrected chi connectivity index (χ2v) is 13.4. The van der Waals surface area contributed by atoms with E-state index in [1.807, 2.05) is 126 Å². The van der Waals surface area contributed by atoms with Crippen LogP contribution >= 0.6 is 11.3 Å². The summed E-state index contributed by atoms with van der Waals surface area (Å²) in [6.07, 6.45) is 0. The minimum atomic E-state index is -0.915. The fourth-order valence-corrected chi connectivity index (χ4v) is 7.85. The van der Waals surface area contributed by atoms with E-state index in [9.17, 15) is 2.74 Å². The molecule has 0 spiro atoms. The van der Waals surface area contributed by atoms with Crippen LogP contribution in [0.1, 0.15) is 9.60 Å². The van der Waals surface area contributed by atoms with E-state index in [2.05, 4.69) is 6.07 Å². The minimum absolute atomic E-state index is 0.0150. The van der Waals surface area contributed by atoms with Gasteiger partial charge in [-0.3, -0.25) is 0 Å². The van der Waals surface area contributed by atoms with Gasteiger partial charge in [0, 0.05) is 42.5 Å². The fraction of sp³-hybridized carbons (Fsp3) is 0. The smallest absolute Gasteiger partial charge is 0.227 e. The highest BCUT2D eigenvalue weighted by Gasteiger charge is 2.23. The molecule has 3 nitrogen and oxygen atoms in total. The molecule has 2 heterocycles. The van der Waals surface area contributed by atoms with Crippen molar-refractivity contribution in [2.45, 2.75) is 0 Å². The van der Waals surface area contributed by atoms with Crippen LogP contribution in [-0.2, 0) is 0 Å². The lowest BCUT2D eigenvalue weighted by atomic mass is 9.96. The van der Waals surface area contributed by atoms with Crippen molar-refractivity contribution in [2.24, 2.45) is 0 Å². The zero-order valence-electron chi connectivity index (χ0n) is 34.3. The Hall–Kier alpha value is -6.56. The molecule has 10 aromatic rings. The van der Waals surface area contributed by atoms with Gasteiger partial charge in [0.15, 0.2) is 5.58 Å². The van der Waals surface area contributed by atoms with Gasteiger partial charge in [-0.2, -0.15) is 0 Å². The van der Waals surface area contributed by atoms with E-state index in [4.69, 9.17) is 16.3 Å². The molecule has 0 N–H and O–H groups in total. The summed E-state index contributed by atoms with van der Waals surface area (Å²) in [5.41, 5.74) is 7.09. The van der Waals surface area contributed by atoms with Gasteiger partial charge in [0.1, 0.15) is 11.3 Å². The highest BCUT2D eigenvalue weighted by molar-refractivity contribution is 7.26. The maximum atomic E-state index is 15.6. The number of thiophene rings is 1. The van der Waals surface area contributed by atoms with Crippen LogP contribution in [0.25, 0.3) is 75.8 Å². The molecule has 0 saturated carbocycles. The molecular weight excluding hydrogens is 660 g/mol. The molecule has 2 aromatic heterocycles. The van der Waals surface area contributed by atoms with E-state index >= 15 is 4.39 Å². The molecule has 52 heavy (non-hydrogen) atoms. The molecule has 10 rings (SSSR count). The Morgan fingerprint density at radius 3 is 2.02 bits per heavy atom. The first-order chi connectivity index (χ1) is 28.6. The summed E-state index contributed by atoms with van der Waals surface area (Å²) in [5, 5.41) is 0.634. The van der Waals surface area contributed by atoms with Crippen molar-refractivity contribution in [3.05, 3.63) is 182 Å². The Morgan fingerprint density at radius 1 is 0.596 bits per heavy atom. The molecular formula is C47H29FN2OS. The monoisotopic (exact) mass is 695 g/mol. The molecule has 0 aliphatic rings. The van der Waals surface area contributed by atoms with Gasteiger partial charge < -0.3 is 9.32 Å². The van der Waals surface area contributed by atoms with E-state index in [0.29, 0.717) is 44.0 Å². The number of benzene rings is 8. The standard InChI is InChI=1S/C47H29FN2OS/c48-36-21-24-43-40(29-36)45-44(52-43)28-33-15-7-8-16-39(33)46(45)50(37-22-19-32(20-23-37)47-49-41-17-9-10-18-42(41)51-47)38-26-34(30-11-3-1-4-12-30)25-35(27-38)31-13-5-2-6-14-31/h1-29H/i7D,8D,15D,16D,21D,24D,28D. The van der Waals surface area contributed by atoms with Gasteiger partial charge in [0.2, 0.25) is 5.89 Å². The molecule has 0 radical (unpaired) electrons. The van der Waals surface area contributed by atoms with E-state index in [1.165, 1.54) is 6.07 Å². The van der Waals surface area contributed by atoms with Gasteiger partial charge in [-0.25, -0.2) is 9.37 Å². The van der Waals surface area contributed by atoms with Crippen LogP contribution in [0.4, 0.5) is 21.5 Å². The van der Waals surface area contributed by atoms with Crippen molar-refractivity contribution in [1.82, 2.24) is 4.98 Å². The fourth-order valence-electron chi connectivity index (χ4n) is 6.81. The molecule has 0 aliphatic carbocycles. The zero-order chi connectivity index (χ0) is 40.7. The number of anilines is 3. The molecule has 0 atom stereocenters. The molecule has 0 aliphatic heterocycles. The summed E-state index contributed by atoms with van der Waals surface area (Å²) < 4.78 is 85.0. The van der Waals surface area contributed by atoms with Crippen molar-refractivity contribution in [3.63, 3.8) is 0 Å². The SMILES string of the molecule is [2H]c1c(F)cc2c(sc3c([2H])c4c([2H])c([2H])c([2H])c([2H])c4c(N(c4ccc(-c5nc6ccccc6o5)cc4)c4cc(-c5ccccc5)cc(-c5ccccc5)c4)c32)c1[2H]. The van der Waals surface area contributed by atoms with Gasteiger partial charge >= 0.3 is 0 Å². The molecule has 0 bridgehead atoms. The topological polar surface area (TPSA) is 29.3 Å². The summed E-state index contributed by atoms with van der Waals surface area (Å²) in [6, 6.07) is 39.1. The predicted molar refractivity (Wildman–Crippen MR) is 215 cm³/mol. The Balaban J connectivity index is 1.37. The number of para-hydroxylation sites is 2. The Labute approximate surface area is 313 Å². The molecule has 246 valence electrons. The second kappa shape index (κ2) is 12.3. The number of hydrogen-bond donors (Lipinski definition) is 0. The van der Waals surface area contributed by atoms with E-state index < -0.39 is 23.9 Å². The molecule has 0 fully saturated rings. The van der Waals surface area contributed by atoms with Crippen molar-refractivity contribution in [3.8, 4) is 33.7 Å². The Morgan fingerprint density at radius 2 is 1.29 bits per heavy atom. The predicted octanol–water partition coefficient (Wildman–Crippen LogP) is 14.0. The Kier molecular flexibility index (Phi) is 5.64. The maximum absolute atomic E-state index is 15.6. The van der Waals surface area contributed by atoms with Crippen LogP contribution in [-0.4, -0.2) is 4.98 Å². The van der Waals surface area contributed by atoms with Gasteiger partial charge in [-0.1, -0.05) is 97.0 Å². The van der Waals surface area contributed by atoms with Crippen molar-refractivity contribution >= 4 is 70.4 Å². The van der Waals surface area contributed by atoms with Gasteiger partial charge in [-0.15, -0.1) is 11.3 Å². The molecule has 0 amide bonds. The van der Waals surface area contributed by atoms with Crippen LogP contribution in [0.5, 0.6) is 0 Å². The zero-order valence-corrected chi connectivity index (χ0v) is 28.1. The van der Waals surface area contributed by atoms with Crippen molar-refractivity contribution in [2.75, 3.05) is 4.90 Å². The number of halogens is 1. The lowest BCUT2D eigenvalue weighted by Crippen LogP contribution is -2.11. The first kappa shape index (κ1) is 23.8. The van der Waals surface area contributed by atoms with Gasteiger partial charge in [0.05, 0.1) is 15.3 Å². The summed E-state index contributed by atoms with van der Waals surface area (Å²) in [7, 11) is 0. The summed E-state index contributed by atoms with van der Waals surface area (Å²) >= 11 is 1.04. The number of nitrogens with zero attached hydrogens (tertiary/aromatic N) is 2. The maximum Gasteiger partial charge on any atom is 0.227 e. The summed E-state index contributed by atoms with van der Waals surface area (Å²) in [6.45, 7) is 0. The second-order valence-electron chi connectivity index (χ2n) is 12.4. The third-order valence-electron chi connectivity index (χ3n) is 9.19. The normalized spacial score (nSPS) is 13.4. The van der Waals surface area contributed by atoms with Crippen LogP contribution in [0.15, 0.2) is 180 Å². The quantitative estimate of drug-likeness (QED) is 0.173. The first-order valence-corrected chi connectivity index (χ1v) is 17.5. The van der Waals surface area contributed by atoms with Crippen molar-refractivity contribution in [1.29, 1.82) is 0 Å². The summed E-state index contributed by atoms with van der Waals surface area (Å²) in [4.78, 5) is 6.58. The van der Waals surface area contributed by atoms with Crippen LogP contribution in [0.3, 0.4) is 0 Å². The minimum Gasteiger partial charge on any atom is -0.436 e. The van der Waals surface area contributed by atoms with Crippen LogP contribution in [0, 0.1) is 5.82 Å². The molecule has 5 heteroatoms. The van der Waals surface area contributed by atoms with Gasteiger partial charge in [0.25, 0.3) is 0 Å². The Bertz CT molecular complexity index is 3230. The van der Waals surface area contributed by atoms with Gasteiger partial charge in [-0.05, 0) is 106 Å².